The van der Waals surface area contributed by atoms with Crippen molar-refractivity contribution >= 4 is 5.78 Å². The Morgan fingerprint density at radius 3 is 2.55 bits per heavy atom. The zero-order chi connectivity index (χ0) is 21.4. The molecule has 1 aromatic heterocycles. The molecule has 0 radical (unpaired) electrons. The van der Waals surface area contributed by atoms with Gasteiger partial charge in [0, 0.05) is 30.3 Å². The first-order chi connectivity index (χ1) is 15.1. The summed E-state index contributed by atoms with van der Waals surface area (Å²) in [5.41, 5.74) is 1.44. The fourth-order valence-corrected chi connectivity index (χ4v) is 4.41. The number of Topliss-reactive ketones (excluding diaryl/α,β-unsaturated/α-hetero) is 1. The highest BCUT2D eigenvalue weighted by molar-refractivity contribution is 6.00. The van der Waals surface area contributed by atoms with Crippen molar-refractivity contribution < 1.29 is 14.6 Å². The number of ketones is 1. The molecule has 3 aromatic rings. The summed E-state index contributed by atoms with van der Waals surface area (Å²) in [6.45, 7) is 0.835. The molecule has 6 heteroatoms. The van der Waals surface area contributed by atoms with Crippen molar-refractivity contribution in [1.29, 1.82) is 0 Å². The molecule has 2 aromatic carbocycles. The van der Waals surface area contributed by atoms with E-state index >= 15 is 0 Å². The maximum Gasteiger partial charge on any atom is 0.224 e. The van der Waals surface area contributed by atoms with Crippen LogP contribution in [0.15, 0.2) is 83.8 Å². The molecule has 1 N–H and O–H groups in total. The Labute approximate surface area is 179 Å². The lowest BCUT2D eigenvalue weighted by molar-refractivity contribution is 0.0880. The van der Waals surface area contributed by atoms with Crippen molar-refractivity contribution in [2.24, 2.45) is 5.92 Å². The van der Waals surface area contributed by atoms with Crippen LogP contribution in [0.4, 0.5) is 0 Å². The highest BCUT2D eigenvalue weighted by Gasteiger charge is 2.38. The summed E-state index contributed by atoms with van der Waals surface area (Å²) in [5, 5.41) is 12.6. The molecule has 2 unspecified atom stereocenters. The smallest absolute Gasteiger partial charge is 0.224 e. The van der Waals surface area contributed by atoms with Crippen molar-refractivity contribution in [3.05, 3.63) is 106 Å². The molecule has 3 heterocycles. The van der Waals surface area contributed by atoms with E-state index in [2.05, 4.69) is 0 Å². The molecule has 0 aliphatic carbocycles. The third-order valence-corrected chi connectivity index (χ3v) is 5.89. The average molecular weight is 414 g/mol. The number of hydrogen-bond acceptors (Lipinski definition) is 5. The largest absolute Gasteiger partial charge is 0.503 e. The van der Waals surface area contributed by atoms with Crippen LogP contribution >= 0.6 is 0 Å². The topological polar surface area (TPSA) is 71.8 Å². The summed E-state index contributed by atoms with van der Waals surface area (Å²) in [6, 6.07) is 18.8. The summed E-state index contributed by atoms with van der Waals surface area (Å²) in [4.78, 5) is 25.4. The van der Waals surface area contributed by atoms with E-state index in [1.54, 1.807) is 10.9 Å². The number of benzene rings is 2. The number of hydrogen-bond donors (Lipinski definition) is 1. The van der Waals surface area contributed by atoms with Gasteiger partial charge in [0.1, 0.15) is 12.4 Å². The molecule has 2 atom stereocenters. The molecule has 2 aliphatic heterocycles. The second kappa shape index (κ2) is 7.80. The third-order valence-electron chi connectivity index (χ3n) is 5.89. The lowest BCUT2D eigenvalue weighted by atomic mass is 9.91. The lowest BCUT2D eigenvalue weighted by Gasteiger charge is -2.42. The van der Waals surface area contributed by atoms with Gasteiger partial charge in [0.2, 0.25) is 5.43 Å². The molecular weight excluding hydrogens is 392 g/mol. The number of ether oxygens (including phenoxy) is 1. The van der Waals surface area contributed by atoms with E-state index in [1.165, 1.54) is 6.07 Å². The van der Waals surface area contributed by atoms with E-state index in [9.17, 15) is 14.7 Å². The van der Waals surface area contributed by atoms with E-state index in [-0.39, 0.29) is 23.4 Å². The number of allylic oxidation sites excluding steroid dienone is 1. The average Bonchev–Trinajstić information content (AvgIpc) is 2.82. The molecule has 0 fully saturated rings. The van der Waals surface area contributed by atoms with Gasteiger partial charge < -0.3 is 9.84 Å². The van der Waals surface area contributed by atoms with Crippen molar-refractivity contribution in [1.82, 2.24) is 4.68 Å². The Morgan fingerprint density at radius 2 is 1.71 bits per heavy atom. The van der Waals surface area contributed by atoms with Crippen LogP contribution in [0, 0.1) is 5.92 Å². The number of pyridine rings is 1. The quantitative estimate of drug-likeness (QED) is 0.618. The SMILES string of the molecule is O=C1c2c(O)c(=O)ccn2N2CC1C/C=C/COc1ccccc1C2c1ccccc1. The maximum atomic E-state index is 13.2. The molecule has 31 heavy (non-hydrogen) atoms. The number of rotatable bonds is 1. The van der Waals surface area contributed by atoms with E-state index in [4.69, 9.17) is 4.74 Å². The first-order valence-electron chi connectivity index (χ1n) is 10.3. The van der Waals surface area contributed by atoms with Crippen LogP contribution in [0.1, 0.15) is 34.1 Å². The predicted molar refractivity (Wildman–Crippen MR) is 117 cm³/mol. The van der Waals surface area contributed by atoms with Gasteiger partial charge in [0.05, 0.1) is 6.04 Å². The molecule has 5 rings (SSSR count). The first-order valence-corrected chi connectivity index (χ1v) is 10.3. The summed E-state index contributed by atoms with van der Waals surface area (Å²) in [6.07, 6.45) is 5.91. The van der Waals surface area contributed by atoms with Gasteiger partial charge in [-0.25, -0.2) is 0 Å². The zero-order valence-electron chi connectivity index (χ0n) is 16.8. The molecule has 0 saturated carbocycles. The molecule has 6 nitrogen and oxygen atoms in total. The number of carbonyl (C=O) groups is 1. The summed E-state index contributed by atoms with van der Waals surface area (Å²) in [5.74, 6) is -0.364. The highest BCUT2D eigenvalue weighted by Crippen LogP contribution is 2.38. The molecule has 156 valence electrons. The van der Waals surface area contributed by atoms with Crippen molar-refractivity contribution in [2.75, 3.05) is 18.2 Å². The molecular formula is C25H22N2O4. The monoisotopic (exact) mass is 414 g/mol. The first kappa shape index (κ1) is 19.2. The van der Waals surface area contributed by atoms with Gasteiger partial charge >= 0.3 is 0 Å². The molecule has 0 spiro atoms. The highest BCUT2D eigenvalue weighted by atomic mass is 16.5. The van der Waals surface area contributed by atoms with Crippen LogP contribution in [0.5, 0.6) is 11.5 Å². The second-order valence-electron chi connectivity index (χ2n) is 7.77. The number of aromatic nitrogens is 1. The summed E-state index contributed by atoms with van der Waals surface area (Å²) in [7, 11) is 0. The van der Waals surface area contributed by atoms with Crippen molar-refractivity contribution in [3.8, 4) is 11.5 Å². The number of nitrogens with zero attached hydrogens (tertiary/aromatic N) is 2. The van der Waals surface area contributed by atoms with Gasteiger partial charge in [0.15, 0.2) is 17.2 Å². The van der Waals surface area contributed by atoms with Crippen LogP contribution in [0.25, 0.3) is 0 Å². The van der Waals surface area contributed by atoms with Crippen LogP contribution in [0.3, 0.4) is 0 Å². The Hall–Kier alpha value is -3.80. The van der Waals surface area contributed by atoms with E-state index in [0.29, 0.717) is 19.6 Å². The van der Waals surface area contributed by atoms with Crippen molar-refractivity contribution in [3.63, 3.8) is 0 Å². The minimum absolute atomic E-state index is 0.0377. The molecule has 2 aliphatic rings. The maximum absolute atomic E-state index is 13.2. The normalized spacial score (nSPS) is 21.3. The fourth-order valence-electron chi connectivity index (χ4n) is 4.41. The van der Waals surface area contributed by atoms with Crippen LogP contribution < -0.4 is 15.2 Å². The van der Waals surface area contributed by atoms with Gasteiger partial charge in [-0.1, -0.05) is 60.7 Å². The molecule has 0 amide bonds. The summed E-state index contributed by atoms with van der Waals surface area (Å²) < 4.78 is 7.70. The van der Waals surface area contributed by atoms with Gasteiger partial charge in [-0.05, 0) is 18.1 Å². The number of para-hydroxylation sites is 1. The van der Waals surface area contributed by atoms with Crippen LogP contribution in [-0.2, 0) is 0 Å². The Balaban J connectivity index is 1.80. The third kappa shape index (κ3) is 3.30. The van der Waals surface area contributed by atoms with Gasteiger partial charge in [0.25, 0.3) is 0 Å². The van der Waals surface area contributed by atoms with Gasteiger partial charge in [-0.2, -0.15) is 0 Å². The Bertz CT molecular complexity index is 1220. The van der Waals surface area contributed by atoms with Crippen molar-refractivity contribution in [2.45, 2.75) is 12.5 Å². The predicted octanol–water partition coefficient (Wildman–Crippen LogP) is 3.43. The van der Waals surface area contributed by atoms with Crippen LogP contribution in [0.2, 0.25) is 0 Å². The number of aromatic hydroxyl groups is 1. The minimum atomic E-state index is -0.556. The zero-order valence-corrected chi connectivity index (χ0v) is 16.8. The fraction of sp³-hybridized carbons (Fsp3) is 0.200. The Morgan fingerprint density at radius 1 is 0.935 bits per heavy atom. The number of carbonyl (C=O) groups excluding carboxylic acids is 1. The van der Waals surface area contributed by atoms with E-state index < -0.39 is 11.2 Å². The summed E-state index contributed by atoms with van der Waals surface area (Å²) >= 11 is 0. The van der Waals surface area contributed by atoms with Gasteiger partial charge in [-0.3, -0.25) is 19.3 Å². The molecule has 0 saturated heterocycles. The lowest BCUT2D eigenvalue weighted by Crippen LogP contribution is -2.50. The minimum Gasteiger partial charge on any atom is -0.503 e. The van der Waals surface area contributed by atoms with E-state index in [1.807, 2.05) is 71.8 Å². The standard InChI is InChI=1S/C25H22N2O4/c28-20-13-14-26-23(25(20)30)24(29)18-10-6-7-15-31-21-12-5-4-11-19(21)22(27(26)16-18)17-8-2-1-3-9-17/h1-9,11-14,18,22,30H,10,15-16H2/b7-6+. The van der Waals surface area contributed by atoms with E-state index in [0.717, 1.165) is 16.9 Å². The number of fused-ring (bicyclic) bond motifs is 5. The molecule has 2 bridgehead atoms. The second-order valence-corrected chi connectivity index (χ2v) is 7.77. The Kier molecular flexibility index (Phi) is 4.82. The van der Waals surface area contributed by atoms with Gasteiger partial charge in [-0.15, -0.1) is 0 Å². The van der Waals surface area contributed by atoms with Crippen LogP contribution in [-0.4, -0.2) is 28.7 Å².